The summed E-state index contributed by atoms with van der Waals surface area (Å²) in [6.07, 6.45) is -5.38. The van der Waals surface area contributed by atoms with Gasteiger partial charge in [-0.2, -0.15) is 0 Å². The molecule has 2 aliphatic rings. The van der Waals surface area contributed by atoms with Crippen LogP contribution in [-0.2, 0) is 25.7 Å². The number of ether oxygens (including phenoxy) is 2. The summed E-state index contributed by atoms with van der Waals surface area (Å²) in [5.74, 6) is -8.30. The number of benzene rings is 2. The van der Waals surface area contributed by atoms with Crippen molar-refractivity contribution in [2.24, 2.45) is 5.92 Å². The smallest absolute Gasteiger partial charge is 0.544 e. The number of aliphatic carboxylic acids is 1. The fraction of sp³-hybridized carbons (Fsp3) is 0.483. The number of halogens is 3. The predicted octanol–water partition coefficient (Wildman–Crippen LogP) is -2.44. The minimum atomic E-state index is -2.80. The van der Waals surface area contributed by atoms with Crippen molar-refractivity contribution in [1.29, 1.82) is 0 Å². The number of carboxylic acid groups (broad SMARTS) is 1. The van der Waals surface area contributed by atoms with Crippen molar-refractivity contribution in [1.82, 2.24) is 10.6 Å². The second-order valence-corrected chi connectivity index (χ2v) is 11.2. The first-order valence-electron chi connectivity index (χ1n) is 13.7. The van der Waals surface area contributed by atoms with Crippen molar-refractivity contribution in [3.05, 3.63) is 70.2 Å². The molecule has 2 amide bonds. The summed E-state index contributed by atoms with van der Waals surface area (Å²) in [7, 11) is 0. The number of aliphatic hydroxyl groups is 3. The molecular formula is C29H32ClF2N2NaO9. The van der Waals surface area contributed by atoms with Gasteiger partial charge in [0, 0.05) is 35.5 Å². The minimum absolute atomic E-state index is 0. The summed E-state index contributed by atoms with van der Waals surface area (Å²) in [5.41, 5.74) is -0.165. The molecule has 1 heterocycles. The maximum Gasteiger partial charge on any atom is 1.00 e. The van der Waals surface area contributed by atoms with Crippen LogP contribution in [0.4, 0.5) is 8.78 Å². The van der Waals surface area contributed by atoms with Gasteiger partial charge in [0.1, 0.15) is 18.2 Å². The summed E-state index contributed by atoms with van der Waals surface area (Å²) in [4.78, 5) is 37.5. The normalized spacial score (nSPS) is 24.7. The van der Waals surface area contributed by atoms with Crippen molar-refractivity contribution in [2.45, 2.75) is 75.0 Å². The molecule has 2 fully saturated rings. The van der Waals surface area contributed by atoms with Gasteiger partial charge in [-0.15, -0.1) is 0 Å². The predicted molar refractivity (Wildman–Crippen MR) is 144 cm³/mol. The molecule has 1 saturated carbocycles. The second kappa shape index (κ2) is 15.9. The van der Waals surface area contributed by atoms with Gasteiger partial charge in [0.25, 0.3) is 5.91 Å². The SMILES string of the molecule is O=C(CC1CCC1)N[C@H]1[C@H]([C@@H](O)[C@H](O)CNC(=O)c2ccc(Cl)cc2)O[C@@](OCc2cccc(F)c2F)(C(=O)[O-])C[C@@H]1O.[Na+]. The molecule has 6 atom stereocenters. The zero-order chi connectivity index (χ0) is 31.3. The van der Waals surface area contributed by atoms with Crippen LogP contribution in [0.15, 0.2) is 42.5 Å². The van der Waals surface area contributed by atoms with Gasteiger partial charge in [-0.1, -0.05) is 30.2 Å². The van der Waals surface area contributed by atoms with E-state index >= 15 is 0 Å². The molecule has 0 aromatic heterocycles. The Morgan fingerprint density at radius 3 is 2.43 bits per heavy atom. The first-order valence-corrected chi connectivity index (χ1v) is 14.1. The van der Waals surface area contributed by atoms with E-state index in [0.29, 0.717) is 5.02 Å². The van der Waals surface area contributed by atoms with Crippen LogP contribution in [0, 0.1) is 17.6 Å². The molecule has 2 aromatic carbocycles. The van der Waals surface area contributed by atoms with Crippen LogP contribution >= 0.6 is 11.6 Å². The van der Waals surface area contributed by atoms with Crippen LogP contribution in [0.5, 0.6) is 0 Å². The molecule has 1 aliphatic heterocycles. The van der Waals surface area contributed by atoms with Crippen LogP contribution in [-0.4, -0.2) is 75.9 Å². The summed E-state index contributed by atoms with van der Waals surface area (Å²) in [6.45, 7) is -1.37. The molecule has 11 nitrogen and oxygen atoms in total. The van der Waals surface area contributed by atoms with Gasteiger partial charge in [-0.05, 0) is 49.1 Å². The second-order valence-electron chi connectivity index (χ2n) is 10.8. The van der Waals surface area contributed by atoms with Gasteiger partial charge in [-0.3, -0.25) is 9.59 Å². The summed E-state index contributed by atoms with van der Waals surface area (Å²) in [6, 6.07) is 7.56. The third-order valence-electron chi connectivity index (χ3n) is 7.71. The standard InChI is InChI=1S/C29H33ClF2N2O9.Na/c30-18-9-7-16(8-10-18)27(39)33-13-21(36)25(38)26-24(34-22(37)11-15-3-1-4-15)20(35)12-29(43-26,28(40)41)42-14-17-5-2-6-19(31)23(17)32;/h2,5-10,15,20-21,24-26,35-36,38H,1,3-4,11-14H2,(H,33,39)(H,34,37)(H,40,41);/q;+1/p-1/t20-,21+,24+,25-,26+,29+;/m0./s1. The number of amides is 2. The topological polar surface area (TPSA) is 177 Å². The van der Waals surface area contributed by atoms with E-state index in [1.54, 1.807) is 0 Å². The van der Waals surface area contributed by atoms with Crippen molar-refractivity contribution < 1.29 is 82.6 Å². The Morgan fingerprint density at radius 1 is 1.14 bits per heavy atom. The van der Waals surface area contributed by atoms with Gasteiger partial charge >= 0.3 is 29.6 Å². The number of rotatable bonds is 12. The molecule has 0 spiro atoms. The number of carbonyl (C=O) groups excluding carboxylic acids is 3. The molecular weight excluding hydrogens is 617 g/mol. The third-order valence-corrected chi connectivity index (χ3v) is 7.96. The van der Waals surface area contributed by atoms with Crippen molar-refractivity contribution in [2.75, 3.05) is 6.54 Å². The minimum Gasteiger partial charge on any atom is -0.544 e. The molecule has 2 aromatic rings. The number of hydrogen-bond acceptors (Lipinski definition) is 9. The number of hydrogen-bond donors (Lipinski definition) is 5. The van der Waals surface area contributed by atoms with Gasteiger partial charge < -0.3 is 45.3 Å². The Hall–Kier alpha value is -2.20. The van der Waals surface area contributed by atoms with Gasteiger partial charge in [0.2, 0.25) is 11.7 Å². The Labute approximate surface area is 279 Å². The molecule has 1 aliphatic carbocycles. The van der Waals surface area contributed by atoms with Crippen LogP contribution in [0.1, 0.15) is 48.0 Å². The quantitative estimate of drug-likeness (QED) is 0.157. The van der Waals surface area contributed by atoms with E-state index in [0.717, 1.165) is 31.4 Å². The van der Waals surface area contributed by atoms with Crippen LogP contribution < -0.4 is 45.3 Å². The molecule has 1 saturated heterocycles. The Bertz CT molecular complexity index is 1320. The van der Waals surface area contributed by atoms with E-state index in [1.165, 1.54) is 30.3 Å². The number of carboxylic acids is 1. The van der Waals surface area contributed by atoms with Crippen molar-refractivity contribution in [3.63, 3.8) is 0 Å². The Morgan fingerprint density at radius 2 is 1.82 bits per heavy atom. The Kier molecular flexibility index (Phi) is 13.1. The monoisotopic (exact) mass is 648 g/mol. The fourth-order valence-corrected chi connectivity index (χ4v) is 5.13. The van der Waals surface area contributed by atoms with Crippen LogP contribution in [0.2, 0.25) is 5.02 Å². The van der Waals surface area contributed by atoms with E-state index in [-0.39, 0.29) is 53.0 Å². The van der Waals surface area contributed by atoms with Crippen molar-refractivity contribution in [3.8, 4) is 0 Å². The molecule has 5 N–H and O–H groups in total. The van der Waals surface area contributed by atoms with E-state index in [1.807, 2.05) is 0 Å². The van der Waals surface area contributed by atoms with Crippen LogP contribution in [0.3, 0.4) is 0 Å². The summed E-state index contributed by atoms with van der Waals surface area (Å²) < 4.78 is 38.9. The summed E-state index contributed by atoms with van der Waals surface area (Å²) >= 11 is 5.83. The molecule has 15 heteroatoms. The van der Waals surface area contributed by atoms with Gasteiger partial charge in [0.15, 0.2) is 11.6 Å². The molecule has 0 radical (unpaired) electrons. The number of carbonyl (C=O) groups is 3. The number of nitrogens with one attached hydrogen (secondary N) is 2. The van der Waals surface area contributed by atoms with Crippen LogP contribution in [0.25, 0.3) is 0 Å². The van der Waals surface area contributed by atoms with Gasteiger partial charge in [0.05, 0.1) is 24.9 Å². The first-order chi connectivity index (χ1) is 20.4. The largest absolute Gasteiger partial charge is 1.00 e. The molecule has 0 bridgehead atoms. The Balaban J connectivity index is 0.00000529. The average Bonchev–Trinajstić information content (AvgIpc) is 2.95. The molecule has 234 valence electrons. The molecule has 44 heavy (non-hydrogen) atoms. The van der Waals surface area contributed by atoms with E-state index in [9.17, 15) is 43.6 Å². The van der Waals surface area contributed by atoms with E-state index in [4.69, 9.17) is 21.1 Å². The summed E-state index contributed by atoms with van der Waals surface area (Å²) in [5, 5.41) is 50.6. The fourth-order valence-electron chi connectivity index (χ4n) is 5.00. The zero-order valence-electron chi connectivity index (χ0n) is 23.9. The molecule has 0 unspecified atom stereocenters. The molecule has 4 rings (SSSR count). The van der Waals surface area contributed by atoms with E-state index in [2.05, 4.69) is 10.6 Å². The third kappa shape index (κ3) is 8.74. The maximum atomic E-state index is 14.2. The maximum absolute atomic E-state index is 14.2. The van der Waals surface area contributed by atoms with E-state index < -0.39 is 85.2 Å². The van der Waals surface area contributed by atoms with Crippen molar-refractivity contribution >= 4 is 29.4 Å². The zero-order valence-corrected chi connectivity index (χ0v) is 26.6. The average molecular weight is 649 g/mol. The number of aliphatic hydroxyl groups excluding tert-OH is 3. The van der Waals surface area contributed by atoms with Gasteiger partial charge in [-0.25, -0.2) is 8.78 Å². The first kappa shape index (κ1) is 36.3.